The summed E-state index contributed by atoms with van der Waals surface area (Å²) < 4.78 is 10.9. The average molecular weight is 370 g/mol. The summed E-state index contributed by atoms with van der Waals surface area (Å²) in [6.45, 7) is 6.05. The monoisotopic (exact) mass is 369 g/mol. The third kappa shape index (κ3) is 7.73. The minimum atomic E-state index is -1.82. The molecule has 25 heavy (non-hydrogen) atoms. The molecule has 136 valence electrons. The minimum Gasteiger partial charge on any atom is -0.490 e. The Morgan fingerprint density at radius 2 is 1.92 bits per heavy atom. The summed E-state index contributed by atoms with van der Waals surface area (Å²) in [7, 11) is 0. The summed E-state index contributed by atoms with van der Waals surface area (Å²) in [5, 5.41) is 18.7. The van der Waals surface area contributed by atoms with Gasteiger partial charge in [-0.25, -0.2) is 9.59 Å². The molecule has 0 aliphatic rings. The van der Waals surface area contributed by atoms with Gasteiger partial charge < -0.3 is 24.7 Å². The highest BCUT2D eigenvalue weighted by Crippen LogP contribution is 2.29. The molecule has 0 amide bonds. The van der Waals surface area contributed by atoms with Crippen molar-refractivity contribution < 1.29 is 29.0 Å². The highest BCUT2D eigenvalue weighted by atomic mass is 35.5. The molecule has 0 unspecified atom stereocenters. The molecule has 2 rings (SSSR count). The van der Waals surface area contributed by atoms with Crippen molar-refractivity contribution >= 4 is 23.5 Å². The third-order valence-corrected chi connectivity index (χ3v) is 3.24. The number of carboxylic acids is 2. The maximum atomic E-state index is 9.10. The second kappa shape index (κ2) is 10.4. The molecule has 0 fully saturated rings. The van der Waals surface area contributed by atoms with Crippen LogP contribution in [-0.4, -0.2) is 35.3 Å². The van der Waals surface area contributed by atoms with Crippen molar-refractivity contribution in [3.05, 3.63) is 52.4 Å². The third-order valence-electron chi connectivity index (χ3n) is 2.96. The number of halogens is 1. The van der Waals surface area contributed by atoms with Gasteiger partial charge in [0.15, 0.2) is 0 Å². The zero-order valence-corrected chi connectivity index (χ0v) is 14.7. The highest BCUT2D eigenvalue weighted by molar-refractivity contribution is 6.32. The van der Waals surface area contributed by atoms with Crippen LogP contribution in [0.1, 0.15) is 16.9 Å². The van der Waals surface area contributed by atoms with Crippen LogP contribution in [0.2, 0.25) is 5.02 Å². The Morgan fingerprint density at radius 1 is 1.24 bits per heavy atom. The lowest BCUT2D eigenvalue weighted by Gasteiger charge is -2.12. The van der Waals surface area contributed by atoms with E-state index in [-0.39, 0.29) is 0 Å². The van der Waals surface area contributed by atoms with Crippen molar-refractivity contribution in [1.29, 1.82) is 0 Å². The molecule has 1 heterocycles. The Morgan fingerprint density at radius 3 is 2.44 bits per heavy atom. The quantitative estimate of drug-likeness (QED) is 0.530. The molecular weight excluding hydrogens is 350 g/mol. The van der Waals surface area contributed by atoms with E-state index in [1.54, 1.807) is 6.26 Å². The first kappa shape index (κ1) is 20.5. The van der Waals surface area contributed by atoms with E-state index in [0.29, 0.717) is 18.2 Å². The van der Waals surface area contributed by atoms with Crippen molar-refractivity contribution in [2.45, 2.75) is 20.4 Å². The Kier molecular flexibility index (Phi) is 8.52. The van der Waals surface area contributed by atoms with E-state index in [9.17, 15) is 0 Å². The largest absolute Gasteiger partial charge is 0.490 e. The van der Waals surface area contributed by atoms with Gasteiger partial charge in [-0.15, -0.1) is 0 Å². The Hall–Kier alpha value is -2.51. The van der Waals surface area contributed by atoms with Gasteiger partial charge in [0.25, 0.3) is 0 Å². The number of aliphatic carboxylic acids is 2. The molecule has 1 aromatic carbocycles. The van der Waals surface area contributed by atoms with E-state index in [0.717, 1.165) is 29.2 Å². The lowest BCUT2D eigenvalue weighted by Crippen LogP contribution is -2.20. The molecule has 8 heteroatoms. The Balaban J connectivity index is 0.000000450. The van der Waals surface area contributed by atoms with Crippen molar-refractivity contribution in [2.24, 2.45) is 0 Å². The summed E-state index contributed by atoms with van der Waals surface area (Å²) >= 11 is 6.17. The number of rotatable bonds is 6. The van der Waals surface area contributed by atoms with E-state index < -0.39 is 11.9 Å². The van der Waals surface area contributed by atoms with Gasteiger partial charge in [0.2, 0.25) is 0 Å². The minimum absolute atomic E-state index is 0.574. The lowest BCUT2D eigenvalue weighted by molar-refractivity contribution is -0.159. The molecule has 0 spiro atoms. The average Bonchev–Trinajstić information content (AvgIpc) is 3.03. The van der Waals surface area contributed by atoms with Crippen LogP contribution < -0.4 is 10.1 Å². The second-order valence-corrected chi connectivity index (χ2v) is 5.51. The van der Waals surface area contributed by atoms with Crippen LogP contribution in [0.15, 0.2) is 34.9 Å². The topological polar surface area (TPSA) is 109 Å². The number of benzene rings is 1. The van der Waals surface area contributed by atoms with Crippen LogP contribution in [-0.2, 0) is 16.1 Å². The fourth-order valence-corrected chi connectivity index (χ4v) is 2.31. The standard InChI is InChI=1S/C15H18ClNO2.C2H2O4/c1-11-8-12(2)15(14(16)9-11)19-7-5-17-10-13-4-3-6-18-13;3-1(4)2(5)6/h3-4,6,8-9,17H,5,7,10H2,1-2H3;(H,3,4)(H,5,6). The molecule has 7 nitrogen and oxygen atoms in total. The Bertz CT molecular complexity index is 664. The van der Waals surface area contributed by atoms with Gasteiger partial charge in [0.1, 0.15) is 18.1 Å². The summed E-state index contributed by atoms with van der Waals surface area (Å²) in [5.41, 5.74) is 2.21. The van der Waals surface area contributed by atoms with Crippen molar-refractivity contribution in [1.82, 2.24) is 5.32 Å². The first-order chi connectivity index (χ1) is 11.8. The van der Waals surface area contributed by atoms with Gasteiger partial charge in [-0.2, -0.15) is 0 Å². The molecule has 0 atom stereocenters. The molecule has 3 N–H and O–H groups in total. The number of furan rings is 1. The maximum Gasteiger partial charge on any atom is 0.414 e. The predicted octanol–water partition coefficient (Wildman–Crippen LogP) is 2.87. The smallest absolute Gasteiger partial charge is 0.414 e. The van der Waals surface area contributed by atoms with E-state index in [2.05, 4.69) is 11.4 Å². The molecule has 0 saturated carbocycles. The first-order valence-electron chi connectivity index (χ1n) is 7.40. The van der Waals surface area contributed by atoms with Crippen LogP contribution in [0.5, 0.6) is 5.75 Å². The molecule has 0 aliphatic carbocycles. The van der Waals surface area contributed by atoms with Gasteiger partial charge in [-0.3, -0.25) is 0 Å². The summed E-state index contributed by atoms with van der Waals surface area (Å²) in [5.74, 6) is -1.96. The zero-order valence-electron chi connectivity index (χ0n) is 13.9. The molecule has 0 aliphatic heterocycles. The van der Waals surface area contributed by atoms with Crippen molar-refractivity contribution in [2.75, 3.05) is 13.2 Å². The van der Waals surface area contributed by atoms with Crippen LogP contribution >= 0.6 is 11.6 Å². The number of carboxylic acid groups (broad SMARTS) is 2. The van der Waals surface area contributed by atoms with Gasteiger partial charge >= 0.3 is 11.9 Å². The number of hydrogen-bond donors (Lipinski definition) is 3. The maximum absolute atomic E-state index is 9.10. The van der Waals surface area contributed by atoms with Crippen LogP contribution in [0, 0.1) is 13.8 Å². The van der Waals surface area contributed by atoms with Crippen LogP contribution in [0.3, 0.4) is 0 Å². The van der Waals surface area contributed by atoms with Gasteiger partial charge in [0, 0.05) is 6.54 Å². The van der Waals surface area contributed by atoms with E-state index in [1.165, 1.54) is 0 Å². The number of aryl methyl sites for hydroxylation is 2. The lowest BCUT2D eigenvalue weighted by atomic mass is 10.1. The fraction of sp³-hybridized carbons (Fsp3) is 0.294. The van der Waals surface area contributed by atoms with Crippen LogP contribution in [0.4, 0.5) is 0 Å². The molecule has 1 aromatic heterocycles. The van der Waals surface area contributed by atoms with Crippen molar-refractivity contribution in [3.8, 4) is 5.75 Å². The number of hydrogen-bond acceptors (Lipinski definition) is 5. The molecule has 0 saturated heterocycles. The van der Waals surface area contributed by atoms with Gasteiger partial charge in [-0.1, -0.05) is 17.7 Å². The zero-order chi connectivity index (χ0) is 18.8. The predicted molar refractivity (Wildman–Crippen MR) is 92.1 cm³/mol. The van der Waals surface area contributed by atoms with Crippen LogP contribution in [0.25, 0.3) is 0 Å². The first-order valence-corrected chi connectivity index (χ1v) is 7.78. The molecular formula is C17H20ClNO6. The number of carbonyl (C=O) groups is 2. The molecule has 0 bridgehead atoms. The van der Waals surface area contributed by atoms with E-state index >= 15 is 0 Å². The summed E-state index contributed by atoms with van der Waals surface area (Å²) in [4.78, 5) is 18.2. The van der Waals surface area contributed by atoms with E-state index in [1.807, 2.05) is 32.0 Å². The second-order valence-electron chi connectivity index (χ2n) is 5.11. The Labute approximate surface area is 150 Å². The van der Waals surface area contributed by atoms with Crippen molar-refractivity contribution in [3.63, 3.8) is 0 Å². The van der Waals surface area contributed by atoms with E-state index in [4.69, 9.17) is 40.6 Å². The summed E-state index contributed by atoms with van der Waals surface area (Å²) in [6, 6.07) is 7.80. The number of ether oxygens (including phenoxy) is 1. The van der Waals surface area contributed by atoms with Gasteiger partial charge in [0.05, 0.1) is 17.8 Å². The fourth-order valence-electron chi connectivity index (χ4n) is 1.94. The highest BCUT2D eigenvalue weighted by Gasteiger charge is 2.06. The summed E-state index contributed by atoms with van der Waals surface area (Å²) in [6.07, 6.45) is 1.67. The normalized spacial score (nSPS) is 9.88. The van der Waals surface area contributed by atoms with Gasteiger partial charge in [-0.05, 0) is 43.2 Å². The molecule has 0 radical (unpaired) electrons. The molecule has 2 aromatic rings. The number of nitrogens with one attached hydrogen (secondary N) is 1. The SMILES string of the molecule is Cc1cc(C)c(OCCNCc2ccco2)c(Cl)c1.O=C(O)C(=O)O.